The van der Waals surface area contributed by atoms with E-state index in [0.717, 1.165) is 16.8 Å². The molecular weight excluding hydrogens is 412 g/mol. The maximum atomic E-state index is 4.82. The Kier molecular flexibility index (Phi) is 4.95. The van der Waals surface area contributed by atoms with Crippen molar-refractivity contribution in [2.45, 2.75) is 25.3 Å². The molecule has 2 heteroatoms. The highest BCUT2D eigenvalue weighted by atomic mass is 15.2. The topological polar surface area (TPSA) is 16.1 Å². The van der Waals surface area contributed by atoms with Crippen molar-refractivity contribution >= 4 is 11.4 Å². The SMILES string of the molecule is CC1(C)c2ccccc2N(c2ccccc2-c2cccnc2-c2ccccc2)C2C=CC=CC21. The molecule has 2 heterocycles. The molecule has 0 radical (unpaired) electrons. The summed E-state index contributed by atoms with van der Waals surface area (Å²) in [6, 6.07) is 32.6. The number of nitrogens with zero attached hydrogens (tertiary/aromatic N) is 2. The highest BCUT2D eigenvalue weighted by molar-refractivity contribution is 5.90. The Balaban J connectivity index is 1.59. The molecular formula is C32H28N2. The zero-order valence-corrected chi connectivity index (χ0v) is 19.6. The lowest BCUT2D eigenvalue weighted by atomic mass is 9.65. The molecule has 0 saturated carbocycles. The standard InChI is InChI=1S/C32H28N2/c1-32(2)26-17-7-10-20-29(26)34(30-21-11-8-18-27(30)32)28-19-9-6-15-24(28)25-16-12-22-33-31(25)23-13-4-3-5-14-23/h3-22,26,29H,1-2H3. The normalized spacial score (nSPS) is 20.0. The van der Waals surface area contributed by atoms with Crippen LogP contribution in [0.2, 0.25) is 0 Å². The van der Waals surface area contributed by atoms with Gasteiger partial charge in [-0.25, -0.2) is 0 Å². The minimum absolute atomic E-state index is 0.0392. The number of allylic oxidation sites excluding steroid dienone is 2. The maximum absolute atomic E-state index is 4.82. The molecule has 166 valence electrons. The van der Waals surface area contributed by atoms with Gasteiger partial charge in [0.05, 0.1) is 11.7 Å². The summed E-state index contributed by atoms with van der Waals surface area (Å²) in [4.78, 5) is 7.36. The summed E-state index contributed by atoms with van der Waals surface area (Å²) < 4.78 is 0. The van der Waals surface area contributed by atoms with Gasteiger partial charge in [0.2, 0.25) is 0 Å². The summed E-state index contributed by atoms with van der Waals surface area (Å²) in [6.45, 7) is 4.76. The average molecular weight is 441 g/mol. The van der Waals surface area contributed by atoms with E-state index >= 15 is 0 Å². The van der Waals surface area contributed by atoms with Crippen LogP contribution in [0.25, 0.3) is 22.4 Å². The van der Waals surface area contributed by atoms with Crippen LogP contribution in [-0.4, -0.2) is 11.0 Å². The summed E-state index contributed by atoms with van der Waals surface area (Å²) in [5.41, 5.74) is 8.42. The molecule has 4 aromatic rings. The lowest BCUT2D eigenvalue weighted by Gasteiger charge is -2.51. The Hall–Kier alpha value is -3.91. The molecule has 0 amide bonds. The van der Waals surface area contributed by atoms with Gasteiger partial charge >= 0.3 is 0 Å². The number of hydrogen-bond donors (Lipinski definition) is 0. The van der Waals surface area contributed by atoms with Gasteiger partial charge in [-0.1, -0.05) is 111 Å². The van der Waals surface area contributed by atoms with Gasteiger partial charge in [-0.15, -0.1) is 0 Å². The molecule has 0 bridgehead atoms. The predicted octanol–water partition coefficient (Wildman–Crippen LogP) is 7.96. The summed E-state index contributed by atoms with van der Waals surface area (Å²) >= 11 is 0. The van der Waals surface area contributed by atoms with E-state index < -0.39 is 0 Å². The van der Waals surface area contributed by atoms with Crippen LogP contribution in [0.4, 0.5) is 11.4 Å². The first-order chi connectivity index (χ1) is 16.7. The molecule has 0 spiro atoms. The van der Waals surface area contributed by atoms with Gasteiger partial charge in [0.1, 0.15) is 0 Å². The monoisotopic (exact) mass is 440 g/mol. The summed E-state index contributed by atoms with van der Waals surface area (Å²) in [5.74, 6) is 0.378. The van der Waals surface area contributed by atoms with Crippen molar-refractivity contribution < 1.29 is 0 Å². The lowest BCUT2D eigenvalue weighted by Crippen LogP contribution is -2.49. The number of fused-ring (bicyclic) bond motifs is 2. The fourth-order valence-electron chi connectivity index (χ4n) is 5.73. The molecule has 1 aliphatic heterocycles. The Morgan fingerprint density at radius 1 is 0.676 bits per heavy atom. The molecule has 2 unspecified atom stereocenters. The van der Waals surface area contributed by atoms with E-state index in [2.05, 4.69) is 128 Å². The zero-order valence-electron chi connectivity index (χ0n) is 19.6. The largest absolute Gasteiger partial charge is 0.333 e. The number of aromatic nitrogens is 1. The average Bonchev–Trinajstić information content (AvgIpc) is 2.90. The fourth-order valence-corrected chi connectivity index (χ4v) is 5.73. The fraction of sp³-hybridized carbons (Fsp3) is 0.156. The molecule has 1 aromatic heterocycles. The number of rotatable bonds is 3. The number of para-hydroxylation sites is 2. The van der Waals surface area contributed by atoms with Crippen molar-refractivity contribution in [3.8, 4) is 22.4 Å². The minimum Gasteiger partial charge on any atom is -0.333 e. The van der Waals surface area contributed by atoms with Gasteiger partial charge in [-0.2, -0.15) is 0 Å². The summed E-state index contributed by atoms with van der Waals surface area (Å²) in [7, 11) is 0. The second kappa shape index (κ2) is 8.14. The van der Waals surface area contributed by atoms with Gasteiger partial charge in [-0.3, -0.25) is 4.98 Å². The van der Waals surface area contributed by atoms with E-state index in [-0.39, 0.29) is 11.5 Å². The van der Waals surface area contributed by atoms with E-state index in [9.17, 15) is 0 Å². The van der Waals surface area contributed by atoms with Crippen LogP contribution >= 0.6 is 0 Å². The van der Waals surface area contributed by atoms with Crippen LogP contribution in [0.5, 0.6) is 0 Å². The van der Waals surface area contributed by atoms with Crippen molar-refractivity contribution in [3.05, 3.63) is 127 Å². The third-order valence-corrected chi connectivity index (χ3v) is 7.40. The quantitative estimate of drug-likeness (QED) is 0.321. The van der Waals surface area contributed by atoms with Crippen LogP contribution in [0.3, 0.4) is 0 Å². The van der Waals surface area contributed by atoms with Crippen LogP contribution in [0.1, 0.15) is 19.4 Å². The van der Waals surface area contributed by atoms with Crippen LogP contribution in [-0.2, 0) is 5.41 Å². The second-order valence-corrected chi connectivity index (χ2v) is 9.68. The first kappa shape index (κ1) is 20.7. The van der Waals surface area contributed by atoms with Crippen molar-refractivity contribution in [3.63, 3.8) is 0 Å². The zero-order chi connectivity index (χ0) is 23.1. The van der Waals surface area contributed by atoms with Crippen molar-refractivity contribution in [1.29, 1.82) is 0 Å². The number of anilines is 2. The van der Waals surface area contributed by atoms with Crippen LogP contribution in [0.15, 0.2) is 121 Å². The van der Waals surface area contributed by atoms with Crippen molar-refractivity contribution in [2.75, 3.05) is 4.90 Å². The Labute approximate surface area is 201 Å². The molecule has 2 atom stereocenters. The molecule has 2 aliphatic rings. The molecule has 6 rings (SSSR count). The van der Waals surface area contributed by atoms with Crippen LogP contribution < -0.4 is 4.90 Å². The first-order valence-electron chi connectivity index (χ1n) is 12.0. The van der Waals surface area contributed by atoms with Crippen molar-refractivity contribution in [1.82, 2.24) is 4.98 Å². The third kappa shape index (κ3) is 3.21. The molecule has 0 N–H and O–H groups in total. The van der Waals surface area contributed by atoms with Gasteiger partial charge in [0, 0.05) is 45.6 Å². The second-order valence-electron chi connectivity index (χ2n) is 9.68. The highest BCUT2D eigenvalue weighted by Crippen LogP contribution is 2.52. The molecule has 2 nitrogen and oxygen atoms in total. The predicted molar refractivity (Wildman–Crippen MR) is 142 cm³/mol. The van der Waals surface area contributed by atoms with Gasteiger partial charge in [-0.05, 0) is 23.8 Å². The van der Waals surface area contributed by atoms with Crippen molar-refractivity contribution in [2.24, 2.45) is 5.92 Å². The third-order valence-electron chi connectivity index (χ3n) is 7.40. The van der Waals surface area contributed by atoms with Gasteiger partial charge in [0.15, 0.2) is 0 Å². The number of hydrogen-bond acceptors (Lipinski definition) is 2. The Bertz CT molecular complexity index is 1400. The maximum Gasteiger partial charge on any atom is 0.0781 e. The Morgan fingerprint density at radius 2 is 1.35 bits per heavy atom. The molecule has 0 saturated heterocycles. The van der Waals surface area contributed by atoms with E-state index in [1.165, 1.54) is 22.5 Å². The molecule has 3 aromatic carbocycles. The Morgan fingerprint density at radius 3 is 2.21 bits per heavy atom. The minimum atomic E-state index is 0.0392. The smallest absolute Gasteiger partial charge is 0.0781 e. The number of pyridine rings is 1. The summed E-state index contributed by atoms with van der Waals surface area (Å²) in [6.07, 6.45) is 11.0. The first-order valence-corrected chi connectivity index (χ1v) is 12.0. The lowest BCUT2D eigenvalue weighted by molar-refractivity contribution is 0.332. The van der Waals surface area contributed by atoms with Gasteiger partial charge < -0.3 is 4.90 Å². The van der Waals surface area contributed by atoms with Gasteiger partial charge in [0.25, 0.3) is 0 Å². The highest BCUT2D eigenvalue weighted by Gasteiger charge is 2.45. The number of benzene rings is 3. The molecule has 0 fully saturated rings. The van der Waals surface area contributed by atoms with E-state index in [0.29, 0.717) is 5.92 Å². The van der Waals surface area contributed by atoms with Crippen LogP contribution in [0, 0.1) is 5.92 Å². The molecule has 34 heavy (non-hydrogen) atoms. The van der Waals surface area contributed by atoms with E-state index in [4.69, 9.17) is 4.98 Å². The summed E-state index contributed by atoms with van der Waals surface area (Å²) in [5, 5.41) is 0. The van der Waals surface area contributed by atoms with E-state index in [1.54, 1.807) is 0 Å². The van der Waals surface area contributed by atoms with E-state index in [1.807, 2.05) is 12.3 Å². The molecule has 1 aliphatic carbocycles.